The van der Waals surface area contributed by atoms with Gasteiger partial charge in [-0.15, -0.1) is 0 Å². The molecule has 3 nitrogen and oxygen atoms in total. The van der Waals surface area contributed by atoms with Gasteiger partial charge in [0, 0.05) is 18.9 Å². The number of pyridine rings is 1. The van der Waals surface area contributed by atoms with Crippen LogP contribution >= 0.6 is 0 Å². The minimum absolute atomic E-state index is 0.739. The van der Waals surface area contributed by atoms with Crippen LogP contribution in [-0.2, 0) is 0 Å². The molecular formula is C14H15N3. The molecule has 1 heterocycles. The van der Waals surface area contributed by atoms with Gasteiger partial charge >= 0.3 is 0 Å². The van der Waals surface area contributed by atoms with Gasteiger partial charge in [-0.05, 0) is 23.8 Å². The van der Waals surface area contributed by atoms with E-state index in [4.69, 9.17) is 5.73 Å². The highest BCUT2D eigenvalue weighted by Gasteiger charge is 1.93. The number of hydrogen-bond acceptors (Lipinski definition) is 3. The molecule has 0 aliphatic rings. The third-order valence-corrected chi connectivity index (χ3v) is 2.37. The first-order valence-corrected chi connectivity index (χ1v) is 5.51. The highest BCUT2D eigenvalue weighted by molar-refractivity contribution is 5.66. The summed E-state index contributed by atoms with van der Waals surface area (Å²) in [5, 5.41) is 3.25. The third kappa shape index (κ3) is 3.34. The van der Waals surface area contributed by atoms with E-state index in [-0.39, 0.29) is 0 Å². The number of nitrogens with one attached hydrogen (secondary N) is 1. The minimum Gasteiger partial charge on any atom is -0.397 e. The topological polar surface area (TPSA) is 50.9 Å². The summed E-state index contributed by atoms with van der Waals surface area (Å²) >= 11 is 0. The molecule has 0 aliphatic heterocycles. The summed E-state index contributed by atoms with van der Waals surface area (Å²) in [6.07, 6.45) is 7.66. The molecule has 0 saturated heterocycles. The molecule has 3 heteroatoms. The van der Waals surface area contributed by atoms with Crippen molar-refractivity contribution in [1.82, 2.24) is 4.98 Å². The van der Waals surface area contributed by atoms with Gasteiger partial charge in [0.05, 0.1) is 11.4 Å². The van der Waals surface area contributed by atoms with Crippen LogP contribution in [0, 0.1) is 0 Å². The van der Waals surface area contributed by atoms with Gasteiger partial charge in [0.15, 0.2) is 0 Å². The van der Waals surface area contributed by atoms with Gasteiger partial charge in [0.1, 0.15) is 0 Å². The molecule has 0 bridgehead atoms. The molecule has 0 unspecified atom stereocenters. The normalized spacial score (nSPS) is 10.6. The Kier molecular flexibility index (Phi) is 3.76. The lowest BCUT2D eigenvalue weighted by Crippen LogP contribution is -2.01. The predicted octanol–water partition coefficient (Wildman–Crippen LogP) is 2.79. The summed E-state index contributed by atoms with van der Waals surface area (Å²) in [5.41, 5.74) is 8.64. The van der Waals surface area contributed by atoms with Crippen molar-refractivity contribution in [2.24, 2.45) is 0 Å². The number of rotatable bonds is 4. The molecule has 1 aromatic heterocycles. The van der Waals surface area contributed by atoms with Crippen molar-refractivity contribution in [3.8, 4) is 0 Å². The van der Waals surface area contributed by atoms with Gasteiger partial charge in [-0.2, -0.15) is 0 Å². The lowest BCUT2D eigenvalue weighted by atomic mass is 10.2. The van der Waals surface area contributed by atoms with E-state index >= 15 is 0 Å². The highest BCUT2D eigenvalue weighted by Crippen LogP contribution is 2.16. The van der Waals surface area contributed by atoms with Crippen LogP contribution < -0.4 is 11.1 Å². The average molecular weight is 225 g/mol. The zero-order chi connectivity index (χ0) is 11.9. The smallest absolute Gasteiger partial charge is 0.0576 e. The lowest BCUT2D eigenvalue weighted by molar-refractivity contribution is 1.31. The van der Waals surface area contributed by atoms with E-state index in [1.807, 2.05) is 54.7 Å². The van der Waals surface area contributed by atoms with Crippen LogP contribution in [0.3, 0.4) is 0 Å². The monoisotopic (exact) mass is 225 g/mol. The number of benzene rings is 1. The number of para-hydroxylation sites is 2. The number of nitrogens with zero attached hydrogens (tertiary/aromatic N) is 1. The van der Waals surface area contributed by atoms with Gasteiger partial charge in [0.25, 0.3) is 0 Å². The van der Waals surface area contributed by atoms with Crippen molar-refractivity contribution in [2.45, 2.75) is 0 Å². The van der Waals surface area contributed by atoms with E-state index in [0.29, 0.717) is 0 Å². The van der Waals surface area contributed by atoms with Crippen molar-refractivity contribution < 1.29 is 0 Å². The van der Waals surface area contributed by atoms with Crippen molar-refractivity contribution in [3.05, 3.63) is 60.4 Å². The molecule has 0 aliphatic carbocycles. The van der Waals surface area contributed by atoms with Gasteiger partial charge in [-0.3, -0.25) is 4.98 Å². The molecular weight excluding hydrogens is 210 g/mol. The number of hydrogen-bond donors (Lipinski definition) is 2. The Morgan fingerprint density at radius 3 is 2.82 bits per heavy atom. The van der Waals surface area contributed by atoms with E-state index in [1.165, 1.54) is 0 Å². The Labute approximate surface area is 101 Å². The Morgan fingerprint density at radius 1 is 1.18 bits per heavy atom. The van der Waals surface area contributed by atoms with Gasteiger partial charge in [-0.25, -0.2) is 0 Å². The van der Waals surface area contributed by atoms with Crippen LogP contribution in [0.15, 0.2) is 54.9 Å². The number of aromatic nitrogens is 1. The van der Waals surface area contributed by atoms with Crippen molar-refractivity contribution in [2.75, 3.05) is 17.6 Å². The molecule has 2 aromatic rings. The van der Waals surface area contributed by atoms with Crippen molar-refractivity contribution in [3.63, 3.8) is 0 Å². The first kappa shape index (κ1) is 11.2. The Morgan fingerprint density at radius 2 is 2.06 bits per heavy atom. The van der Waals surface area contributed by atoms with E-state index < -0.39 is 0 Å². The molecule has 86 valence electrons. The summed E-state index contributed by atoms with van der Waals surface area (Å²) in [6, 6.07) is 11.7. The molecule has 3 N–H and O–H groups in total. The quantitative estimate of drug-likeness (QED) is 0.787. The molecule has 0 spiro atoms. The van der Waals surface area contributed by atoms with E-state index in [2.05, 4.69) is 10.3 Å². The molecule has 0 saturated carbocycles. The summed E-state index contributed by atoms with van der Waals surface area (Å²) in [6.45, 7) is 0.739. The fourth-order valence-electron chi connectivity index (χ4n) is 1.50. The average Bonchev–Trinajstić information content (AvgIpc) is 2.38. The second kappa shape index (κ2) is 5.70. The van der Waals surface area contributed by atoms with Crippen LogP contribution in [0.25, 0.3) is 6.08 Å². The maximum absolute atomic E-state index is 5.82. The molecule has 1 aromatic carbocycles. The first-order valence-electron chi connectivity index (χ1n) is 5.51. The largest absolute Gasteiger partial charge is 0.397 e. The number of nitrogen functional groups attached to an aromatic ring is 1. The maximum atomic E-state index is 5.82. The molecule has 0 fully saturated rings. The first-order chi connectivity index (χ1) is 8.36. The van der Waals surface area contributed by atoms with Crippen LogP contribution in [0.5, 0.6) is 0 Å². The second-order valence-electron chi connectivity index (χ2n) is 3.66. The second-order valence-corrected chi connectivity index (χ2v) is 3.66. The van der Waals surface area contributed by atoms with E-state index in [9.17, 15) is 0 Å². The van der Waals surface area contributed by atoms with Crippen LogP contribution in [0.1, 0.15) is 5.56 Å². The van der Waals surface area contributed by atoms with Crippen LogP contribution in [0.4, 0.5) is 11.4 Å². The minimum atomic E-state index is 0.739. The molecule has 17 heavy (non-hydrogen) atoms. The summed E-state index contributed by atoms with van der Waals surface area (Å²) in [7, 11) is 0. The lowest BCUT2D eigenvalue weighted by Gasteiger charge is -2.05. The van der Waals surface area contributed by atoms with Crippen LogP contribution in [-0.4, -0.2) is 11.5 Å². The number of anilines is 2. The van der Waals surface area contributed by atoms with Gasteiger partial charge in [-0.1, -0.05) is 30.4 Å². The van der Waals surface area contributed by atoms with Crippen molar-refractivity contribution in [1.29, 1.82) is 0 Å². The summed E-state index contributed by atoms with van der Waals surface area (Å²) < 4.78 is 0. The molecule has 2 rings (SSSR count). The van der Waals surface area contributed by atoms with Gasteiger partial charge in [0.2, 0.25) is 0 Å². The fourth-order valence-corrected chi connectivity index (χ4v) is 1.50. The molecule has 0 atom stereocenters. The van der Waals surface area contributed by atoms with Gasteiger partial charge < -0.3 is 11.1 Å². The third-order valence-electron chi connectivity index (χ3n) is 2.37. The summed E-state index contributed by atoms with van der Waals surface area (Å²) in [4.78, 5) is 4.04. The predicted molar refractivity (Wildman–Crippen MR) is 72.6 cm³/mol. The zero-order valence-corrected chi connectivity index (χ0v) is 9.51. The fraction of sp³-hybridized carbons (Fsp3) is 0.0714. The standard InChI is InChI=1S/C14H15N3/c15-13-7-1-2-8-14(13)17-10-4-6-12-5-3-9-16-11-12/h1-9,11,17H,10,15H2/b6-4+. The number of nitrogens with two attached hydrogens (primary N) is 1. The highest BCUT2D eigenvalue weighted by atomic mass is 14.9. The molecule has 0 radical (unpaired) electrons. The Balaban J connectivity index is 1.88. The Bertz CT molecular complexity index is 492. The van der Waals surface area contributed by atoms with E-state index in [1.54, 1.807) is 6.20 Å². The summed E-state index contributed by atoms with van der Waals surface area (Å²) in [5.74, 6) is 0. The molecule has 0 amide bonds. The SMILES string of the molecule is Nc1ccccc1NC/C=C/c1cccnc1. The van der Waals surface area contributed by atoms with E-state index in [0.717, 1.165) is 23.5 Å². The Hall–Kier alpha value is -2.29. The maximum Gasteiger partial charge on any atom is 0.0576 e. The van der Waals surface area contributed by atoms with Crippen molar-refractivity contribution >= 4 is 17.5 Å². The van der Waals surface area contributed by atoms with Crippen LogP contribution in [0.2, 0.25) is 0 Å². The zero-order valence-electron chi connectivity index (χ0n) is 9.51.